The fraction of sp³-hybridized carbons (Fsp3) is 0.333. The molecule has 0 amide bonds. The van der Waals surface area contributed by atoms with Gasteiger partial charge in [0.1, 0.15) is 11.4 Å². The monoisotopic (exact) mass is 483 g/mol. The van der Waals surface area contributed by atoms with Crippen molar-refractivity contribution in [2.24, 2.45) is 20.4 Å². The van der Waals surface area contributed by atoms with Gasteiger partial charge in [0.25, 0.3) is 0 Å². The Labute approximate surface area is 208 Å². The zero-order chi connectivity index (χ0) is 24.2. The van der Waals surface area contributed by atoms with E-state index >= 15 is 0 Å². The van der Waals surface area contributed by atoms with Crippen molar-refractivity contribution in [2.45, 2.75) is 27.7 Å². The Morgan fingerprint density at radius 1 is 0.636 bits per heavy atom. The number of nitrogens with zero attached hydrogens (tertiary/aromatic N) is 6. The van der Waals surface area contributed by atoms with Gasteiger partial charge in [-0.05, 0) is 39.8 Å². The van der Waals surface area contributed by atoms with E-state index in [0.29, 0.717) is 27.4 Å². The predicted molar refractivity (Wildman–Crippen MR) is 149 cm³/mol. The van der Waals surface area contributed by atoms with Crippen LogP contribution in [0.2, 0.25) is 0 Å². The predicted octanol–water partition coefficient (Wildman–Crippen LogP) is 4.63. The highest BCUT2D eigenvalue weighted by molar-refractivity contribution is 7.97. The maximum Gasteiger partial charge on any atom is 0.182 e. The third-order valence-corrected chi connectivity index (χ3v) is 5.77. The fourth-order valence-corrected chi connectivity index (χ4v) is 3.70. The zero-order valence-corrected chi connectivity index (χ0v) is 21.5. The molecule has 0 aliphatic carbocycles. The van der Waals surface area contributed by atoms with Gasteiger partial charge in [0.05, 0.1) is 0 Å². The van der Waals surface area contributed by atoms with Crippen molar-refractivity contribution in [1.82, 2.24) is 9.80 Å². The third kappa shape index (κ3) is 7.64. The molecule has 0 aliphatic heterocycles. The highest BCUT2D eigenvalue weighted by Gasteiger charge is 2.16. The fourth-order valence-electron chi connectivity index (χ4n) is 3.05. The summed E-state index contributed by atoms with van der Waals surface area (Å²) in [6.45, 7) is 11.3. The van der Waals surface area contributed by atoms with Gasteiger partial charge in [0, 0.05) is 43.0 Å². The molecule has 0 heterocycles. The van der Waals surface area contributed by atoms with Crippen molar-refractivity contribution < 1.29 is 0 Å². The van der Waals surface area contributed by atoms with Crippen LogP contribution in [0.5, 0.6) is 0 Å². The molecule has 2 N–H and O–H groups in total. The Balaban J connectivity index is 2.70. The molecule has 7 nitrogen and oxygen atoms in total. The summed E-state index contributed by atoms with van der Waals surface area (Å²) in [4.78, 5) is 4.02. The summed E-state index contributed by atoms with van der Waals surface area (Å²) in [5, 5.41) is 19.1. The zero-order valence-electron chi connectivity index (χ0n) is 19.7. The summed E-state index contributed by atoms with van der Waals surface area (Å²) in [6, 6.07) is 17.2. The molecule has 0 saturated carbocycles. The lowest BCUT2D eigenvalue weighted by Gasteiger charge is -2.18. The molecular weight excluding hydrogens is 450 g/mol. The van der Waals surface area contributed by atoms with E-state index in [1.807, 2.05) is 78.2 Å². The van der Waals surface area contributed by atoms with Gasteiger partial charge >= 0.3 is 0 Å². The SMILES string of the molecule is CCN(CC)/C(S)=N/N=C(/C(=N/N=C(\S)N(CC)CC)c1ccc(N)cc1)c1ccccc1. The van der Waals surface area contributed by atoms with Gasteiger partial charge in [-0.25, -0.2) is 0 Å². The molecule has 9 heteroatoms. The van der Waals surface area contributed by atoms with E-state index in [4.69, 9.17) is 5.73 Å². The number of nitrogen functional groups attached to an aromatic ring is 1. The Morgan fingerprint density at radius 2 is 1.03 bits per heavy atom. The maximum atomic E-state index is 5.92. The largest absolute Gasteiger partial charge is 0.399 e. The molecule has 0 radical (unpaired) electrons. The second kappa shape index (κ2) is 13.7. The van der Waals surface area contributed by atoms with Crippen molar-refractivity contribution >= 4 is 52.7 Å². The minimum Gasteiger partial charge on any atom is -0.399 e. The van der Waals surface area contributed by atoms with Gasteiger partial charge in [-0.15, -0.1) is 45.7 Å². The number of anilines is 1. The summed E-state index contributed by atoms with van der Waals surface area (Å²) in [6.07, 6.45) is 0. The van der Waals surface area contributed by atoms with Crippen LogP contribution < -0.4 is 5.73 Å². The number of thiol groups is 2. The van der Waals surface area contributed by atoms with Crippen molar-refractivity contribution in [2.75, 3.05) is 31.9 Å². The topological polar surface area (TPSA) is 81.9 Å². The molecule has 0 spiro atoms. The van der Waals surface area contributed by atoms with Gasteiger partial charge in [0.2, 0.25) is 0 Å². The molecule has 0 fully saturated rings. The normalized spacial score (nSPS) is 13.3. The summed E-state index contributed by atoms with van der Waals surface area (Å²) in [7, 11) is 0. The molecule has 33 heavy (non-hydrogen) atoms. The van der Waals surface area contributed by atoms with E-state index in [0.717, 1.165) is 37.3 Å². The smallest absolute Gasteiger partial charge is 0.182 e. The van der Waals surface area contributed by atoms with Crippen LogP contribution in [0.25, 0.3) is 0 Å². The number of benzene rings is 2. The van der Waals surface area contributed by atoms with E-state index < -0.39 is 0 Å². The van der Waals surface area contributed by atoms with Gasteiger partial charge in [0.15, 0.2) is 10.3 Å². The quantitative estimate of drug-likeness (QED) is 0.160. The minimum absolute atomic E-state index is 0.530. The van der Waals surface area contributed by atoms with E-state index in [1.54, 1.807) is 0 Å². The van der Waals surface area contributed by atoms with Crippen LogP contribution in [0.1, 0.15) is 38.8 Å². The van der Waals surface area contributed by atoms with Crippen molar-refractivity contribution in [3.63, 3.8) is 0 Å². The first-order valence-electron chi connectivity index (χ1n) is 11.1. The number of amidine groups is 2. The Bertz CT molecular complexity index is 991. The Morgan fingerprint density at radius 3 is 1.42 bits per heavy atom. The number of hydrogen-bond donors (Lipinski definition) is 3. The summed E-state index contributed by atoms with van der Waals surface area (Å²) in [5.74, 6) is 0. The highest BCUT2D eigenvalue weighted by atomic mass is 32.1. The first-order chi connectivity index (χ1) is 15.9. The minimum atomic E-state index is 0.530. The first kappa shape index (κ1) is 26.5. The van der Waals surface area contributed by atoms with Crippen LogP contribution in [-0.4, -0.2) is 57.7 Å². The summed E-state index contributed by atoms with van der Waals surface area (Å²) in [5.41, 5.74) is 9.39. The summed E-state index contributed by atoms with van der Waals surface area (Å²) >= 11 is 9.09. The molecule has 0 aliphatic rings. The average Bonchev–Trinajstić information content (AvgIpc) is 2.84. The number of hydrogen-bond acceptors (Lipinski definition) is 5. The second-order valence-electron chi connectivity index (χ2n) is 7.03. The summed E-state index contributed by atoms with van der Waals surface area (Å²) < 4.78 is 0. The average molecular weight is 484 g/mol. The highest BCUT2D eigenvalue weighted by Crippen LogP contribution is 2.14. The second-order valence-corrected chi connectivity index (χ2v) is 7.83. The van der Waals surface area contributed by atoms with Crippen LogP contribution in [0, 0.1) is 0 Å². The van der Waals surface area contributed by atoms with E-state index in [2.05, 4.69) is 59.5 Å². The van der Waals surface area contributed by atoms with Crippen LogP contribution in [-0.2, 0) is 0 Å². The Hall–Kier alpha value is -2.78. The first-order valence-corrected chi connectivity index (χ1v) is 11.9. The van der Waals surface area contributed by atoms with Gasteiger partial charge in [-0.2, -0.15) is 0 Å². The van der Waals surface area contributed by atoms with Gasteiger partial charge in [-0.3, -0.25) is 0 Å². The molecule has 0 saturated heterocycles. The number of nitrogens with two attached hydrogens (primary N) is 1. The van der Waals surface area contributed by atoms with Gasteiger partial charge < -0.3 is 15.5 Å². The molecule has 0 atom stereocenters. The van der Waals surface area contributed by atoms with Crippen molar-refractivity contribution in [3.8, 4) is 0 Å². The van der Waals surface area contributed by atoms with Crippen LogP contribution in [0.3, 0.4) is 0 Å². The van der Waals surface area contributed by atoms with E-state index in [-0.39, 0.29) is 0 Å². The van der Waals surface area contributed by atoms with E-state index in [1.165, 1.54) is 0 Å². The molecule has 176 valence electrons. The van der Waals surface area contributed by atoms with E-state index in [9.17, 15) is 0 Å². The third-order valence-electron chi connectivity index (χ3n) is 5.03. The number of rotatable bonds is 9. The standard InChI is InChI=1S/C24H33N7S2/c1-5-30(6-2)23(32)28-26-21(18-12-10-9-11-13-18)22(19-14-16-20(25)17-15-19)27-29-24(33)31(7-3)8-4/h9-17H,5-8,25H2,1-4H3,(H,28,32)(H,29,33)/b26-21+,27-22+. The molecule has 2 aromatic carbocycles. The van der Waals surface area contributed by atoms with Crippen molar-refractivity contribution in [3.05, 3.63) is 65.7 Å². The lowest BCUT2D eigenvalue weighted by molar-refractivity contribution is 0.473. The van der Waals surface area contributed by atoms with Crippen LogP contribution in [0.4, 0.5) is 5.69 Å². The maximum absolute atomic E-state index is 5.92. The molecule has 0 aromatic heterocycles. The Kier molecular flexibility index (Phi) is 11.0. The molecule has 0 bridgehead atoms. The molecule has 0 unspecified atom stereocenters. The molecule has 2 rings (SSSR count). The van der Waals surface area contributed by atoms with Crippen LogP contribution in [0.15, 0.2) is 75.0 Å². The lowest BCUT2D eigenvalue weighted by Crippen LogP contribution is -2.27. The molecule has 2 aromatic rings. The van der Waals surface area contributed by atoms with Crippen molar-refractivity contribution in [1.29, 1.82) is 0 Å². The van der Waals surface area contributed by atoms with Crippen LogP contribution >= 0.6 is 25.3 Å². The lowest BCUT2D eigenvalue weighted by atomic mass is 10.00. The molecular formula is C24H33N7S2. The van der Waals surface area contributed by atoms with Gasteiger partial charge in [-0.1, -0.05) is 42.5 Å².